The quantitative estimate of drug-likeness (QED) is 0.294. The third kappa shape index (κ3) is 4.34. The fraction of sp³-hybridized carbons (Fsp3) is 0.241. The SMILES string of the molecule is COc1ccc(Cn2c(C)c(C3=CCN(S(=O)(=O)c4cccc(Cl)c4C)CC3)c3ccccc32)cc1. The molecule has 0 N–H and O–H groups in total. The molecule has 1 aliphatic rings. The van der Waals surface area contributed by atoms with Crippen LogP contribution in [0, 0.1) is 13.8 Å². The van der Waals surface area contributed by atoms with Crippen molar-refractivity contribution >= 4 is 38.1 Å². The molecule has 0 atom stereocenters. The summed E-state index contributed by atoms with van der Waals surface area (Å²) >= 11 is 6.21. The van der Waals surface area contributed by atoms with Crippen molar-refractivity contribution in [1.29, 1.82) is 0 Å². The van der Waals surface area contributed by atoms with E-state index in [1.807, 2.05) is 12.1 Å². The Hall–Kier alpha value is -3.06. The van der Waals surface area contributed by atoms with E-state index in [4.69, 9.17) is 16.3 Å². The lowest BCUT2D eigenvalue weighted by Gasteiger charge is -2.27. The van der Waals surface area contributed by atoms with Crippen molar-refractivity contribution in [3.63, 3.8) is 0 Å². The second-order valence-electron chi connectivity index (χ2n) is 9.12. The van der Waals surface area contributed by atoms with Crippen LogP contribution in [-0.4, -0.2) is 37.5 Å². The second-order valence-corrected chi connectivity index (χ2v) is 11.4. The number of hydrogen-bond acceptors (Lipinski definition) is 3. The Balaban J connectivity index is 1.48. The van der Waals surface area contributed by atoms with Gasteiger partial charge in [0, 0.05) is 46.8 Å². The molecule has 36 heavy (non-hydrogen) atoms. The maximum absolute atomic E-state index is 13.4. The molecule has 3 aromatic carbocycles. The minimum atomic E-state index is -3.63. The largest absolute Gasteiger partial charge is 0.497 e. The lowest BCUT2D eigenvalue weighted by molar-refractivity contribution is 0.414. The number of ether oxygens (including phenoxy) is 1. The third-order valence-corrected chi connectivity index (χ3v) is 9.48. The van der Waals surface area contributed by atoms with Crippen molar-refractivity contribution in [2.45, 2.75) is 31.7 Å². The van der Waals surface area contributed by atoms with Crippen molar-refractivity contribution in [3.05, 3.63) is 100 Å². The number of rotatable bonds is 6. The highest BCUT2D eigenvalue weighted by Crippen LogP contribution is 2.36. The monoisotopic (exact) mass is 520 g/mol. The van der Waals surface area contributed by atoms with Crippen LogP contribution in [0.4, 0.5) is 0 Å². The van der Waals surface area contributed by atoms with E-state index in [1.165, 1.54) is 33.3 Å². The van der Waals surface area contributed by atoms with Crippen LogP contribution in [0.5, 0.6) is 5.75 Å². The molecule has 0 saturated carbocycles. The average Bonchev–Trinajstić information content (AvgIpc) is 3.17. The first-order chi connectivity index (χ1) is 17.3. The Morgan fingerprint density at radius 3 is 2.42 bits per heavy atom. The van der Waals surface area contributed by atoms with Gasteiger partial charge in [0.05, 0.1) is 12.0 Å². The van der Waals surface area contributed by atoms with Gasteiger partial charge in [0.2, 0.25) is 10.0 Å². The molecule has 186 valence electrons. The van der Waals surface area contributed by atoms with Gasteiger partial charge in [0.25, 0.3) is 0 Å². The molecule has 5 nitrogen and oxygen atoms in total. The van der Waals surface area contributed by atoms with Crippen molar-refractivity contribution in [2.75, 3.05) is 20.2 Å². The molecule has 1 aliphatic heterocycles. The van der Waals surface area contributed by atoms with E-state index < -0.39 is 10.0 Å². The van der Waals surface area contributed by atoms with Crippen LogP contribution in [0.15, 0.2) is 77.7 Å². The smallest absolute Gasteiger partial charge is 0.243 e. The number of nitrogens with zero attached hydrogens (tertiary/aromatic N) is 2. The van der Waals surface area contributed by atoms with Gasteiger partial charge in [-0.15, -0.1) is 0 Å². The molecule has 0 fully saturated rings. The third-order valence-electron chi connectivity index (χ3n) is 7.06. The van der Waals surface area contributed by atoms with Crippen LogP contribution >= 0.6 is 11.6 Å². The Labute approximate surface area is 217 Å². The number of aromatic nitrogens is 1. The molecule has 0 spiro atoms. The van der Waals surface area contributed by atoms with Crippen LogP contribution < -0.4 is 4.74 Å². The predicted molar refractivity (Wildman–Crippen MR) is 146 cm³/mol. The number of halogens is 1. The molecule has 0 amide bonds. The maximum atomic E-state index is 13.4. The van der Waals surface area contributed by atoms with E-state index in [2.05, 4.69) is 54.0 Å². The van der Waals surface area contributed by atoms with Gasteiger partial charge < -0.3 is 9.30 Å². The van der Waals surface area contributed by atoms with E-state index in [0.29, 0.717) is 30.1 Å². The summed E-state index contributed by atoms with van der Waals surface area (Å²) in [5.74, 6) is 0.841. The molecule has 2 heterocycles. The minimum Gasteiger partial charge on any atom is -0.497 e. The fourth-order valence-corrected chi connectivity index (χ4v) is 6.91. The highest BCUT2D eigenvalue weighted by atomic mass is 35.5. The summed E-state index contributed by atoms with van der Waals surface area (Å²) in [6.07, 6.45) is 2.71. The van der Waals surface area contributed by atoms with Gasteiger partial charge in [0.1, 0.15) is 5.75 Å². The second kappa shape index (κ2) is 9.77. The van der Waals surface area contributed by atoms with E-state index in [9.17, 15) is 8.42 Å². The maximum Gasteiger partial charge on any atom is 0.243 e. The zero-order valence-electron chi connectivity index (χ0n) is 20.7. The molecule has 4 aromatic rings. The van der Waals surface area contributed by atoms with Gasteiger partial charge in [-0.25, -0.2) is 8.42 Å². The highest BCUT2D eigenvalue weighted by Gasteiger charge is 2.29. The van der Waals surface area contributed by atoms with Crippen LogP contribution in [-0.2, 0) is 16.6 Å². The van der Waals surface area contributed by atoms with Crippen molar-refractivity contribution in [2.24, 2.45) is 0 Å². The van der Waals surface area contributed by atoms with Crippen LogP contribution in [0.25, 0.3) is 16.5 Å². The first-order valence-corrected chi connectivity index (χ1v) is 13.8. The summed E-state index contributed by atoms with van der Waals surface area (Å²) in [6, 6.07) is 21.6. The Kier molecular flexibility index (Phi) is 6.68. The lowest BCUT2D eigenvalue weighted by atomic mass is 9.97. The first-order valence-electron chi connectivity index (χ1n) is 12.0. The first kappa shape index (κ1) is 24.6. The zero-order chi connectivity index (χ0) is 25.4. The number of benzene rings is 3. The number of para-hydroxylation sites is 1. The number of sulfonamides is 1. The molecule has 0 radical (unpaired) electrons. The number of hydrogen-bond donors (Lipinski definition) is 0. The summed E-state index contributed by atoms with van der Waals surface area (Å²) in [5.41, 5.74) is 6.53. The number of fused-ring (bicyclic) bond motifs is 1. The van der Waals surface area contributed by atoms with Crippen molar-refractivity contribution in [3.8, 4) is 5.75 Å². The average molecular weight is 521 g/mol. The highest BCUT2D eigenvalue weighted by molar-refractivity contribution is 7.89. The molecule has 0 unspecified atom stereocenters. The van der Waals surface area contributed by atoms with Crippen molar-refractivity contribution in [1.82, 2.24) is 8.87 Å². The van der Waals surface area contributed by atoms with Gasteiger partial charge in [0.15, 0.2) is 0 Å². The van der Waals surface area contributed by atoms with Gasteiger partial charge in [-0.3, -0.25) is 0 Å². The molecule has 7 heteroatoms. The van der Waals surface area contributed by atoms with Crippen LogP contribution in [0.2, 0.25) is 5.02 Å². The Morgan fingerprint density at radius 2 is 1.72 bits per heavy atom. The predicted octanol–water partition coefficient (Wildman–Crippen LogP) is 6.45. The van der Waals surface area contributed by atoms with Gasteiger partial charge in [-0.2, -0.15) is 4.31 Å². The van der Waals surface area contributed by atoms with Gasteiger partial charge in [-0.05, 0) is 67.3 Å². The summed E-state index contributed by atoms with van der Waals surface area (Å²) in [6.45, 7) is 5.41. The van der Waals surface area contributed by atoms with Crippen LogP contribution in [0.3, 0.4) is 0 Å². The Morgan fingerprint density at radius 1 is 0.972 bits per heavy atom. The summed E-state index contributed by atoms with van der Waals surface area (Å²) in [5, 5.41) is 1.65. The summed E-state index contributed by atoms with van der Waals surface area (Å²) in [7, 11) is -1.95. The molecular weight excluding hydrogens is 492 g/mol. The molecule has 0 saturated heterocycles. The van der Waals surface area contributed by atoms with E-state index in [0.717, 1.165) is 12.3 Å². The fourth-order valence-electron chi connectivity index (χ4n) is 5.06. The van der Waals surface area contributed by atoms with Gasteiger partial charge >= 0.3 is 0 Å². The Bertz CT molecular complexity index is 1570. The molecule has 5 rings (SSSR count). The van der Waals surface area contributed by atoms with Crippen LogP contribution in [0.1, 0.15) is 28.8 Å². The summed E-state index contributed by atoms with van der Waals surface area (Å²) < 4.78 is 35.9. The summed E-state index contributed by atoms with van der Waals surface area (Å²) in [4.78, 5) is 0.277. The van der Waals surface area contributed by atoms with E-state index in [1.54, 1.807) is 36.5 Å². The molecular formula is C29H29ClN2O3S. The van der Waals surface area contributed by atoms with E-state index >= 15 is 0 Å². The van der Waals surface area contributed by atoms with Gasteiger partial charge in [-0.1, -0.05) is 54.1 Å². The minimum absolute atomic E-state index is 0.277. The molecule has 0 bridgehead atoms. The molecule has 1 aromatic heterocycles. The van der Waals surface area contributed by atoms with E-state index in [-0.39, 0.29) is 4.90 Å². The normalized spacial score (nSPS) is 14.7. The zero-order valence-corrected chi connectivity index (χ0v) is 22.2. The number of methoxy groups -OCH3 is 1. The standard InChI is InChI=1S/C29H29ClN2O3S/c1-20-26(30)8-6-10-28(20)36(33,34)31-17-15-23(16-18-31)29-21(2)32(27-9-5-4-7-25(27)29)19-22-11-13-24(35-3)14-12-22/h4-15H,16-19H2,1-3H3. The molecule has 0 aliphatic carbocycles. The topological polar surface area (TPSA) is 51.5 Å². The van der Waals surface area contributed by atoms with Crippen molar-refractivity contribution < 1.29 is 13.2 Å². The lowest BCUT2D eigenvalue weighted by Crippen LogP contribution is -2.35.